The number of nitrogens with zero attached hydrogens (tertiary/aromatic N) is 2. The summed E-state index contributed by atoms with van der Waals surface area (Å²) in [6, 6.07) is 5.81. The Morgan fingerprint density at radius 3 is 3.00 bits per heavy atom. The predicted molar refractivity (Wildman–Crippen MR) is 80.4 cm³/mol. The molecule has 2 N–H and O–H groups in total. The molecule has 0 spiro atoms. The van der Waals surface area contributed by atoms with Gasteiger partial charge in [-0.2, -0.15) is 0 Å². The highest BCUT2D eigenvalue weighted by molar-refractivity contribution is 9.10. The molecule has 0 aliphatic carbocycles. The zero-order chi connectivity index (χ0) is 13.8. The first-order valence-corrected chi connectivity index (χ1v) is 6.91. The Bertz CT molecular complexity index is 515. The van der Waals surface area contributed by atoms with Gasteiger partial charge < -0.3 is 15.5 Å². The van der Waals surface area contributed by atoms with Crippen LogP contribution in [0.5, 0.6) is 0 Å². The third-order valence-corrected chi connectivity index (χ3v) is 3.43. The predicted octanol–water partition coefficient (Wildman–Crippen LogP) is 1.59. The molecule has 2 rings (SSSR count). The van der Waals surface area contributed by atoms with Crippen LogP contribution in [-0.4, -0.2) is 43.4 Å². The molecule has 0 unspecified atom stereocenters. The highest BCUT2D eigenvalue weighted by atomic mass is 79.9. The first kappa shape index (κ1) is 13.9. The molecule has 1 aliphatic heterocycles. The van der Waals surface area contributed by atoms with E-state index in [2.05, 4.69) is 31.6 Å². The summed E-state index contributed by atoms with van der Waals surface area (Å²) < 4.78 is 0.946. The van der Waals surface area contributed by atoms with Crippen LogP contribution in [0.4, 0.5) is 5.69 Å². The Balaban J connectivity index is 1.89. The van der Waals surface area contributed by atoms with Crippen LogP contribution in [0.25, 0.3) is 0 Å². The fourth-order valence-corrected chi connectivity index (χ4v) is 2.17. The summed E-state index contributed by atoms with van der Waals surface area (Å²) in [5.41, 5.74) is 1.86. The molecule has 1 aromatic carbocycles. The summed E-state index contributed by atoms with van der Waals surface area (Å²) >= 11 is 3.39. The Morgan fingerprint density at radius 1 is 1.53 bits per heavy atom. The summed E-state index contributed by atoms with van der Waals surface area (Å²) in [5, 5.41) is 5.92. The van der Waals surface area contributed by atoms with Crippen LogP contribution in [-0.2, 0) is 4.79 Å². The van der Waals surface area contributed by atoms with Crippen molar-refractivity contribution in [1.82, 2.24) is 10.2 Å². The van der Waals surface area contributed by atoms with Gasteiger partial charge in [-0.25, -0.2) is 0 Å². The van der Waals surface area contributed by atoms with Crippen molar-refractivity contribution in [2.24, 2.45) is 4.99 Å². The topological polar surface area (TPSA) is 56.7 Å². The molecule has 1 heterocycles. The Morgan fingerprint density at radius 2 is 2.32 bits per heavy atom. The lowest BCUT2D eigenvalue weighted by molar-refractivity contribution is -0.115. The Kier molecular flexibility index (Phi) is 4.42. The quantitative estimate of drug-likeness (QED) is 0.887. The monoisotopic (exact) mass is 324 g/mol. The average molecular weight is 325 g/mol. The Hall–Kier alpha value is -1.56. The minimum absolute atomic E-state index is 0.0794. The van der Waals surface area contributed by atoms with E-state index in [0.717, 1.165) is 34.8 Å². The lowest BCUT2D eigenvalue weighted by Gasteiger charge is -2.15. The van der Waals surface area contributed by atoms with Gasteiger partial charge in [0.1, 0.15) is 0 Å². The van der Waals surface area contributed by atoms with Gasteiger partial charge in [-0.05, 0) is 24.6 Å². The van der Waals surface area contributed by atoms with Crippen LogP contribution in [0.2, 0.25) is 0 Å². The van der Waals surface area contributed by atoms with Crippen LogP contribution in [0, 0.1) is 6.92 Å². The van der Waals surface area contributed by atoms with E-state index in [1.807, 2.05) is 37.1 Å². The van der Waals surface area contributed by atoms with Gasteiger partial charge in [0.2, 0.25) is 5.91 Å². The van der Waals surface area contributed by atoms with Gasteiger partial charge in [0.05, 0.1) is 13.1 Å². The number of rotatable bonds is 3. The number of likely N-dealkylation sites (N-methyl/N-ethyl adjacent to an activating group) is 1. The van der Waals surface area contributed by atoms with Crippen LogP contribution in [0.1, 0.15) is 5.56 Å². The van der Waals surface area contributed by atoms with E-state index in [1.54, 1.807) is 0 Å². The lowest BCUT2D eigenvalue weighted by atomic mass is 10.2. The number of anilines is 1. The molecule has 0 fully saturated rings. The maximum absolute atomic E-state index is 11.9. The molecule has 0 bridgehead atoms. The van der Waals surface area contributed by atoms with Gasteiger partial charge in [0.15, 0.2) is 5.96 Å². The number of aliphatic imine (C=N–C) groups is 1. The molecule has 5 nitrogen and oxygen atoms in total. The number of halogens is 1. The molecule has 1 aromatic rings. The second-order valence-electron chi connectivity index (χ2n) is 4.49. The first-order valence-electron chi connectivity index (χ1n) is 6.12. The zero-order valence-electron chi connectivity index (χ0n) is 11.0. The van der Waals surface area contributed by atoms with Gasteiger partial charge in [-0.3, -0.25) is 9.79 Å². The van der Waals surface area contributed by atoms with Crippen molar-refractivity contribution in [2.75, 3.05) is 32.0 Å². The normalized spacial score (nSPS) is 14.3. The van der Waals surface area contributed by atoms with Gasteiger partial charge in [0.25, 0.3) is 0 Å². The second-order valence-corrected chi connectivity index (χ2v) is 5.40. The zero-order valence-corrected chi connectivity index (χ0v) is 12.6. The number of hydrogen-bond acceptors (Lipinski definition) is 4. The summed E-state index contributed by atoms with van der Waals surface area (Å²) in [6.07, 6.45) is 0. The van der Waals surface area contributed by atoms with Crippen molar-refractivity contribution in [3.05, 3.63) is 28.2 Å². The molecule has 1 amide bonds. The third-order valence-electron chi connectivity index (χ3n) is 2.94. The number of hydrogen-bond donors (Lipinski definition) is 2. The van der Waals surface area contributed by atoms with Crippen LogP contribution >= 0.6 is 15.9 Å². The summed E-state index contributed by atoms with van der Waals surface area (Å²) in [6.45, 7) is 3.86. The van der Waals surface area contributed by atoms with Crippen molar-refractivity contribution in [3.63, 3.8) is 0 Å². The third kappa shape index (κ3) is 3.70. The number of benzene rings is 1. The molecule has 0 atom stereocenters. The molecule has 0 radical (unpaired) electrons. The lowest BCUT2D eigenvalue weighted by Crippen LogP contribution is -2.40. The number of aryl methyl sites for hydroxylation is 1. The van der Waals surface area contributed by atoms with Gasteiger partial charge >= 0.3 is 0 Å². The van der Waals surface area contributed by atoms with Crippen molar-refractivity contribution >= 4 is 33.5 Å². The second kappa shape index (κ2) is 6.06. The average Bonchev–Trinajstić information content (AvgIpc) is 2.77. The number of nitrogens with one attached hydrogen (secondary N) is 2. The molecular weight excluding hydrogens is 308 g/mol. The van der Waals surface area contributed by atoms with E-state index in [9.17, 15) is 4.79 Å². The van der Waals surface area contributed by atoms with E-state index in [0.29, 0.717) is 0 Å². The number of amides is 1. The standard InChI is InChI=1S/C13H17BrN4O/c1-9-3-4-10(14)7-11(9)17-12(19)8-16-13-15-5-6-18(13)2/h3-4,7H,5-6,8H2,1-2H3,(H,15,16)(H,17,19). The maximum Gasteiger partial charge on any atom is 0.243 e. The fraction of sp³-hybridized carbons (Fsp3) is 0.385. The minimum atomic E-state index is -0.0794. The smallest absolute Gasteiger partial charge is 0.243 e. The van der Waals surface area contributed by atoms with E-state index in [-0.39, 0.29) is 12.5 Å². The number of carbonyl (C=O) groups is 1. The molecule has 0 aromatic heterocycles. The highest BCUT2D eigenvalue weighted by Gasteiger charge is 2.13. The summed E-state index contributed by atoms with van der Waals surface area (Å²) in [7, 11) is 1.95. The molecule has 1 aliphatic rings. The van der Waals surface area contributed by atoms with Gasteiger partial charge in [-0.1, -0.05) is 22.0 Å². The molecule has 0 saturated carbocycles. The minimum Gasteiger partial charge on any atom is -0.347 e. The van der Waals surface area contributed by atoms with Gasteiger partial charge in [0, 0.05) is 23.8 Å². The largest absolute Gasteiger partial charge is 0.347 e. The van der Waals surface area contributed by atoms with E-state index in [1.165, 1.54) is 0 Å². The van der Waals surface area contributed by atoms with Crippen molar-refractivity contribution in [2.45, 2.75) is 6.92 Å². The molecule has 6 heteroatoms. The molecule has 19 heavy (non-hydrogen) atoms. The van der Waals surface area contributed by atoms with Crippen LogP contribution < -0.4 is 10.6 Å². The van der Waals surface area contributed by atoms with Crippen molar-refractivity contribution < 1.29 is 4.79 Å². The van der Waals surface area contributed by atoms with E-state index < -0.39 is 0 Å². The summed E-state index contributed by atoms with van der Waals surface area (Å²) in [4.78, 5) is 18.1. The highest BCUT2D eigenvalue weighted by Crippen LogP contribution is 2.20. The number of carbonyl (C=O) groups excluding carboxylic acids is 1. The molecule has 0 saturated heterocycles. The maximum atomic E-state index is 11.9. The first-order chi connectivity index (χ1) is 9.06. The molecular formula is C13H17BrN4O. The van der Waals surface area contributed by atoms with E-state index >= 15 is 0 Å². The molecule has 102 valence electrons. The van der Waals surface area contributed by atoms with Crippen LogP contribution in [0.15, 0.2) is 27.7 Å². The number of guanidine groups is 1. The summed E-state index contributed by atoms with van der Waals surface area (Å²) in [5.74, 6) is 0.699. The fourth-order valence-electron chi connectivity index (χ4n) is 1.81. The Labute approximate surface area is 121 Å². The SMILES string of the molecule is Cc1ccc(Br)cc1NC(=O)CNC1=NCCN1C. The van der Waals surface area contributed by atoms with Gasteiger partial charge in [-0.15, -0.1) is 0 Å². The van der Waals surface area contributed by atoms with Crippen molar-refractivity contribution in [3.8, 4) is 0 Å². The van der Waals surface area contributed by atoms with Crippen LogP contribution in [0.3, 0.4) is 0 Å². The van der Waals surface area contributed by atoms with Crippen molar-refractivity contribution in [1.29, 1.82) is 0 Å². The van der Waals surface area contributed by atoms with E-state index in [4.69, 9.17) is 0 Å².